The van der Waals surface area contributed by atoms with Crippen LogP contribution in [0.25, 0.3) is 0 Å². The lowest BCUT2D eigenvalue weighted by Crippen LogP contribution is -2.54. The molecule has 0 saturated carbocycles. The Balaban J connectivity index is 5.11. The van der Waals surface area contributed by atoms with Crippen molar-refractivity contribution in [3.05, 3.63) is 0 Å². The van der Waals surface area contributed by atoms with Crippen molar-refractivity contribution in [1.29, 1.82) is 0 Å². The summed E-state index contributed by atoms with van der Waals surface area (Å²) in [7, 11) is 0. The van der Waals surface area contributed by atoms with Crippen LogP contribution in [0.15, 0.2) is 0 Å². The zero-order chi connectivity index (χ0) is 29.4. The number of carbonyl (C=O) groups is 7. The molecule has 0 unspecified atom stereocenters. The van der Waals surface area contributed by atoms with Gasteiger partial charge in [-0.3, -0.25) is 28.8 Å². The van der Waals surface area contributed by atoms with Crippen molar-refractivity contribution >= 4 is 41.7 Å². The minimum absolute atomic E-state index is 0.191. The predicted molar refractivity (Wildman–Crippen MR) is 136 cm³/mol. The highest BCUT2D eigenvalue weighted by atomic mass is 16.3. The van der Waals surface area contributed by atoms with Crippen LogP contribution in [0.4, 0.5) is 0 Å². The maximum absolute atomic E-state index is 12.8. The summed E-state index contributed by atoms with van der Waals surface area (Å²) in [6.45, 7) is 5.84. The molecule has 0 rings (SSSR count). The van der Waals surface area contributed by atoms with E-state index in [9.17, 15) is 38.7 Å². The van der Waals surface area contributed by atoms with Crippen molar-refractivity contribution in [2.24, 2.45) is 11.5 Å². The molecule has 0 aromatic heterocycles. The molecule has 10 N–H and O–H groups in total. The van der Waals surface area contributed by atoms with Gasteiger partial charge in [-0.15, -0.1) is 0 Å². The summed E-state index contributed by atoms with van der Waals surface area (Å²) in [6.07, 6.45) is 0.0490. The first-order chi connectivity index (χ1) is 17.7. The maximum Gasteiger partial charge on any atom is 0.249 e. The Hall–Kier alpha value is -3.59. The van der Waals surface area contributed by atoms with Crippen molar-refractivity contribution in [3.8, 4) is 0 Å². The number of hydrogen-bond donors (Lipinski definition) is 8. The zero-order valence-electron chi connectivity index (χ0n) is 22.2. The molecule has 0 heterocycles. The highest BCUT2D eigenvalue weighted by Gasteiger charge is 2.27. The second kappa shape index (κ2) is 17.8. The van der Waals surface area contributed by atoms with E-state index in [0.29, 0.717) is 25.7 Å². The molecule has 0 aromatic rings. The van der Waals surface area contributed by atoms with E-state index in [-0.39, 0.29) is 19.3 Å². The molecular weight excluding hydrogens is 502 g/mol. The number of hydrogen-bond acceptors (Lipinski definition) is 9. The van der Waals surface area contributed by atoms with Crippen LogP contribution in [0.3, 0.4) is 0 Å². The molecular formula is C23H41N7O8. The van der Waals surface area contributed by atoms with Crippen molar-refractivity contribution in [2.75, 3.05) is 6.54 Å². The van der Waals surface area contributed by atoms with Gasteiger partial charge < -0.3 is 48.0 Å². The number of carbonyl (C=O) groups excluding carboxylic acids is 7. The van der Waals surface area contributed by atoms with Gasteiger partial charge >= 0.3 is 0 Å². The molecule has 0 aliphatic heterocycles. The summed E-state index contributed by atoms with van der Waals surface area (Å²) in [5, 5.41) is 21.3. The highest BCUT2D eigenvalue weighted by molar-refractivity contribution is 5.94. The third-order valence-corrected chi connectivity index (χ3v) is 5.38. The van der Waals surface area contributed by atoms with Crippen LogP contribution in [0, 0.1) is 0 Å². The molecule has 0 aliphatic carbocycles. The number of nitrogens with two attached hydrogens (primary N) is 2. The molecule has 0 spiro atoms. The highest BCUT2D eigenvalue weighted by Crippen LogP contribution is 2.05. The summed E-state index contributed by atoms with van der Waals surface area (Å²) in [5.41, 5.74) is 10.8. The van der Waals surface area contributed by atoms with E-state index in [1.54, 1.807) is 0 Å². The molecule has 216 valence electrons. The number of unbranched alkanes of at least 4 members (excludes halogenated alkanes) is 1. The number of nitrogens with one attached hydrogen (secondary N) is 5. The average Bonchev–Trinajstić information content (AvgIpc) is 2.84. The van der Waals surface area contributed by atoms with E-state index < -0.39 is 71.8 Å². The van der Waals surface area contributed by atoms with E-state index >= 15 is 0 Å². The van der Waals surface area contributed by atoms with Crippen LogP contribution >= 0.6 is 0 Å². The van der Waals surface area contributed by atoms with E-state index in [4.69, 9.17) is 11.5 Å². The van der Waals surface area contributed by atoms with Crippen molar-refractivity contribution in [3.63, 3.8) is 0 Å². The van der Waals surface area contributed by atoms with Gasteiger partial charge in [0.2, 0.25) is 35.4 Å². The minimum Gasteiger partial charge on any atom is -0.384 e. The molecule has 6 atom stereocenters. The largest absolute Gasteiger partial charge is 0.384 e. The molecule has 0 radical (unpaired) electrons. The Morgan fingerprint density at radius 2 is 1.29 bits per heavy atom. The van der Waals surface area contributed by atoms with Gasteiger partial charge in [0.25, 0.3) is 0 Å². The van der Waals surface area contributed by atoms with Gasteiger partial charge in [-0.25, -0.2) is 0 Å². The predicted octanol–water partition coefficient (Wildman–Crippen LogP) is -3.56. The zero-order valence-corrected chi connectivity index (χ0v) is 22.2. The lowest BCUT2D eigenvalue weighted by molar-refractivity contribution is -0.134. The first-order valence-corrected chi connectivity index (χ1v) is 12.4. The molecule has 0 aromatic carbocycles. The van der Waals surface area contributed by atoms with Crippen LogP contribution < -0.4 is 38.1 Å². The Morgan fingerprint density at radius 3 is 1.79 bits per heavy atom. The standard InChI is InChI=1S/C23H41N7O8/c1-12(11-31)26-20(35)13(2)28-23(38)17(7-5-6-10-24)29-18(33)9-8-16(19(25)34)30-21(36)14(3)27-22(37)15(4)32/h11-17,32H,5-10,24H2,1-4H3,(H2,25,34)(H,26,35)(H,27,37)(H,28,38)(H,29,33)(H,30,36)/t12-,13-,14+,15-,16-,17+/m1/s1. The second-order valence-electron chi connectivity index (χ2n) is 8.98. The second-order valence-corrected chi connectivity index (χ2v) is 8.98. The summed E-state index contributed by atoms with van der Waals surface area (Å²) >= 11 is 0. The van der Waals surface area contributed by atoms with Gasteiger partial charge in [-0.1, -0.05) is 0 Å². The lowest BCUT2D eigenvalue weighted by atomic mass is 10.1. The van der Waals surface area contributed by atoms with Crippen LogP contribution in [-0.4, -0.2) is 89.7 Å². The lowest BCUT2D eigenvalue weighted by Gasteiger charge is -2.22. The van der Waals surface area contributed by atoms with Gasteiger partial charge in [-0.2, -0.15) is 0 Å². The summed E-state index contributed by atoms with van der Waals surface area (Å²) in [5.74, 6) is -4.27. The fourth-order valence-electron chi connectivity index (χ4n) is 3.05. The Kier molecular flexibility index (Phi) is 16.1. The molecule has 0 fully saturated rings. The van der Waals surface area contributed by atoms with E-state index in [2.05, 4.69) is 26.6 Å². The quantitative estimate of drug-likeness (QED) is 0.0628. The summed E-state index contributed by atoms with van der Waals surface area (Å²) in [4.78, 5) is 83.8. The first kappa shape index (κ1) is 34.4. The number of aliphatic hydroxyl groups is 1. The number of primary amides is 1. The van der Waals surface area contributed by atoms with Gasteiger partial charge in [0.05, 0.1) is 6.04 Å². The fourth-order valence-corrected chi connectivity index (χ4v) is 3.05. The first-order valence-electron chi connectivity index (χ1n) is 12.4. The average molecular weight is 544 g/mol. The van der Waals surface area contributed by atoms with Crippen LogP contribution in [0.1, 0.15) is 59.8 Å². The maximum atomic E-state index is 12.8. The molecule has 0 saturated heterocycles. The smallest absolute Gasteiger partial charge is 0.249 e. The molecule has 6 amide bonds. The molecule has 0 aliphatic rings. The minimum atomic E-state index is -1.34. The number of rotatable bonds is 18. The van der Waals surface area contributed by atoms with Gasteiger partial charge in [0.15, 0.2) is 0 Å². The molecule has 15 nitrogen and oxygen atoms in total. The number of amides is 6. The van der Waals surface area contributed by atoms with Crippen molar-refractivity contribution in [1.82, 2.24) is 26.6 Å². The molecule has 0 bridgehead atoms. The van der Waals surface area contributed by atoms with Gasteiger partial charge in [-0.05, 0) is 59.9 Å². The van der Waals surface area contributed by atoms with E-state index in [1.807, 2.05) is 0 Å². The normalized spacial score (nSPS) is 15.4. The Morgan fingerprint density at radius 1 is 0.737 bits per heavy atom. The molecule has 38 heavy (non-hydrogen) atoms. The van der Waals surface area contributed by atoms with Crippen LogP contribution in [0.5, 0.6) is 0 Å². The summed E-state index contributed by atoms with van der Waals surface area (Å²) in [6, 6.07) is -5.06. The van der Waals surface area contributed by atoms with Crippen LogP contribution in [0.2, 0.25) is 0 Å². The fraction of sp³-hybridized carbons (Fsp3) is 0.696. The SMILES string of the molecule is C[C@H](C=O)NC(=O)[C@@H](C)NC(=O)[C@H](CCCCN)NC(=O)CC[C@@H](NC(=O)[C@H](C)NC(=O)[C@@H](C)O)C(N)=O. The van der Waals surface area contributed by atoms with E-state index in [1.165, 1.54) is 27.7 Å². The topological polar surface area (TPSA) is 252 Å². The molecule has 15 heteroatoms. The van der Waals surface area contributed by atoms with Gasteiger partial charge in [0, 0.05) is 6.42 Å². The van der Waals surface area contributed by atoms with Crippen molar-refractivity contribution < 1.29 is 38.7 Å². The number of aldehydes is 1. The monoisotopic (exact) mass is 543 g/mol. The Bertz CT molecular complexity index is 852. The van der Waals surface area contributed by atoms with Crippen LogP contribution in [-0.2, 0) is 33.6 Å². The Labute approximate surface area is 221 Å². The van der Waals surface area contributed by atoms with Gasteiger partial charge in [0.1, 0.15) is 36.6 Å². The number of aliphatic hydroxyl groups excluding tert-OH is 1. The van der Waals surface area contributed by atoms with E-state index in [0.717, 1.165) is 0 Å². The summed E-state index contributed by atoms with van der Waals surface area (Å²) < 4.78 is 0. The third-order valence-electron chi connectivity index (χ3n) is 5.38. The van der Waals surface area contributed by atoms with Crippen molar-refractivity contribution in [2.45, 2.75) is 96.1 Å². The third kappa shape index (κ3) is 13.6.